The van der Waals surface area contributed by atoms with E-state index in [4.69, 9.17) is 0 Å². The van der Waals surface area contributed by atoms with Crippen molar-refractivity contribution in [3.8, 4) is 0 Å². The number of hydrogen-bond donors (Lipinski definition) is 3. The summed E-state index contributed by atoms with van der Waals surface area (Å²) in [6.45, 7) is 11.0. The number of rotatable bonds is 5. The summed E-state index contributed by atoms with van der Waals surface area (Å²) in [6.07, 6.45) is 1.17. The minimum atomic E-state index is -0.303. The Morgan fingerprint density at radius 3 is 2.76 bits per heavy atom. The summed E-state index contributed by atoms with van der Waals surface area (Å²) >= 11 is 0. The highest BCUT2D eigenvalue weighted by molar-refractivity contribution is 5.81. The third kappa shape index (κ3) is 4.81. The molecular formula is C20H32N4O. The highest BCUT2D eigenvalue weighted by Gasteiger charge is 2.32. The van der Waals surface area contributed by atoms with Crippen molar-refractivity contribution in [3.05, 3.63) is 35.9 Å². The molecule has 0 saturated carbocycles. The van der Waals surface area contributed by atoms with E-state index in [9.17, 15) is 4.79 Å². The Hall–Kier alpha value is -1.43. The van der Waals surface area contributed by atoms with Crippen molar-refractivity contribution in [3.63, 3.8) is 0 Å². The molecule has 1 aromatic rings. The van der Waals surface area contributed by atoms with Crippen LogP contribution in [0.25, 0.3) is 0 Å². The fourth-order valence-corrected chi connectivity index (χ4v) is 3.80. The number of hydrogen-bond acceptors (Lipinski definition) is 4. The average Bonchev–Trinajstić information content (AvgIpc) is 3.22. The zero-order valence-electron chi connectivity index (χ0n) is 15.7. The molecule has 2 aliphatic heterocycles. The molecule has 2 aliphatic rings. The molecule has 5 nitrogen and oxygen atoms in total. The minimum Gasteiger partial charge on any atom is -0.355 e. The lowest BCUT2D eigenvalue weighted by Gasteiger charge is -2.25. The fourth-order valence-electron chi connectivity index (χ4n) is 3.80. The molecule has 1 amide bonds. The van der Waals surface area contributed by atoms with Gasteiger partial charge in [0, 0.05) is 37.5 Å². The molecule has 2 fully saturated rings. The fraction of sp³-hybridized carbons (Fsp3) is 0.650. The molecule has 0 aromatic heterocycles. The predicted molar refractivity (Wildman–Crippen MR) is 101 cm³/mol. The van der Waals surface area contributed by atoms with Gasteiger partial charge in [-0.1, -0.05) is 51.1 Å². The molecule has 2 heterocycles. The van der Waals surface area contributed by atoms with E-state index in [1.165, 1.54) is 12.0 Å². The Balaban J connectivity index is 1.47. The number of hydrazine groups is 1. The first-order valence-corrected chi connectivity index (χ1v) is 9.47. The Bertz CT molecular complexity index is 569. The summed E-state index contributed by atoms with van der Waals surface area (Å²) < 4.78 is 0. The van der Waals surface area contributed by atoms with Gasteiger partial charge < -0.3 is 10.2 Å². The number of carbonyl (C=O) groups excluding carboxylic acids is 1. The van der Waals surface area contributed by atoms with Crippen LogP contribution in [-0.2, 0) is 4.79 Å². The molecule has 3 N–H and O–H groups in total. The monoisotopic (exact) mass is 344 g/mol. The molecule has 3 atom stereocenters. The van der Waals surface area contributed by atoms with Crippen molar-refractivity contribution in [2.24, 2.45) is 17.3 Å². The lowest BCUT2D eigenvalue weighted by atomic mass is 9.94. The third-order valence-corrected chi connectivity index (χ3v) is 5.35. The second kappa shape index (κ2) is 7.85. The second-order valence-corrected chi connectivity index (χ2v) is 8.55. The summed E-state index contributed by atoms with van der Waals surface area (Å²) in [5, 5.41) is 3.12. The molecule has 5 heteroatoms. The van der Waals surface area contributed by atoms with Crippen LogP contribution in [0.3, 0.4) is 0 Å². The van der Waals surface area contributed by atoms with Crippen LogP contribution in [0, 0.1) is 17.3 Å². The number of likely N-dealkylation sites (tertiary alicyclic amines) is 1. The Morgan fingerprint density at radius 2 is 2.04 bits per heavy atom. The summed E-state index contributed by atoms with van der Waals surface area (Å²) in [5.74, 6) is 1.30. The molecule has 0 aliphatic carbocycles. The van der Waals surface area contributed by atoms with Gasteiger partial charge in [0.05, 0.1) is 6.04 Å². The molecule has 3 unspecified atom stereocenters. The third-order valence-electron chi connectivity index (χ3n) is 5.35. The largest absolute Gasteiger partial charge is 0.355 e. The maximum atomic E-state index is 12.0. The highest BCUT2D eigenvalue weighted by Crippen LogP contribution is 2.27. The van der Waals surface area contributed by atoms with Crippen LogP contribution < -0.4 is 16.2 Å². The molecule has 3 rings (SSSR count). The topological polar surface area (TPSA) is 56.4 Å². The van der Waals surface area contributed by atoms with E-state index in [0.29, 0.717) is 17.9 Å². The van der Waals surface area contributed by atoms with Crippen molar-refractivity contribution in [1.29, 1.82) is 0 Å². The van der Waals surface area contributed by atoms with Gasteiger partial charge in [0.15, 0.2) is 0 Å². The van der Waals surface area contributed by atoms with Crippen molar-refractivity contribution in [2.75, 3.05) is 32.7 Å². The van der Waals surface area contributed by atoms with Crippen LogP contribution in [0.2, 0.25) is 0 Å². The lowest BCUT2D eigenvalue weighted by Crippen LogP contribution is -2.38. The van der Waals surface area contributed by atoms with E-state index in [-0.39, 0.29) is 11.3 Å². The van der Waals surface area contributed by atoms with Crippen LogP contribution in [0.1, 0.15) is 38.8 Å². The predicted octanol–water partition coefficient (Wildman–Crippen LogP) is 1.94. The van der Waals surface area contributed by atoms with Crippen molar-refractivity contribution < 1.29 is 4.79 Å². The highest BCUT2D eigenvalue weighted by atomic mass is 16.2. The molecular weight excluding hydrogens is 312 g/mol. The summed E-state index contributed by atoms with van der Waals surface area (Å²) in [4.78, 5) is 14.6. The van der Waals surface area contributed by atoms with E-state index < -0.39 is 0 Å². The van der Waals surface area contributed by atoms with Gasteiger partial charge in [0.25, 0.3) is 0 Å². The van der Waals surface area contributed by atoms with Crippen molar-refractivity contribution in [1.82, 2.24) is 21.1 Å². The summed E-state index contributed by atoms with van der Waals surface area (Å²) in [5.41, 5.74) is 7.81. The number of nitrogens with one attached hydrogen (secondary N) is 3. The van der Waals surface area contributed by atoms with E-state index >= 15 is 0 Å². The second-order valence-electron chi connectivity index (χ2n) is 8.55. The molecule has 0 bridgehead atoms. The van der Waals surface area contributed by atoms with Gasteiger partial charge in [-0.2, -0.15) is 0 Å². The summed E-state index contributed by atoms with van der Waals surface area (Å²) in [7, 11) is 0. The van der Waals surface area contributed by atoms with Gasteiger partial charge in [-0.3, -0.25) is 10.2 Å². The van der Waals surface area contributed by atoms with Gasteiger partial charge in [0.2, 0.25) is 5.91 Å². The molecule has 1 aromatic carbocycles. The summed E-state index contributed by atoms with van der Waals surface area (Å²) in [6, 6.07) is 11.1. The maximum Gasteiger partial charge on any atom is 0.225 e. The van der Waals surface area contributed by atoms with Crippen LogP contribution in [0.15, 0.2) is 30.3 Å². The van der Waals surface area contributed by atoms with Crippen LogP contribution in [0.5, 0.6) is 0 Å². The van der Waals surface area contributed by atoms with Gasteiger partial charge in [-0.25, -0.2) is 5.43 Å². The van der Waals surface area contributed by atoms with Gasteiger partial charge in [0.1, 0.15) is 0 Å². The van der Waals surface area contributed by atoms with Gasteiger partial charge >= 0.3 is 0 Å². The molecule has 0 spiro atoms. The lowest BCUT2D eigenvalue weighted by molar-refractivity contribution is -0.128. The van der Waals surface area contributed by atoms with E-state index in [0.717, 1.165) is 32.7 Å². The van der Waals surface area contributed by atoms with Crippen LogP contribution >= 0.6 is 0 Å². The quantitative estimate of drug-likeness (QED) is 0.764. The van der Waals surface area contributed by atoms with E-state index in [2.05, 4.69) is 51.4 Å². The first-order chi connectivity index (χ1) is 11.9. The Labute approximate surface area is 151 Å². The smallest absolute Gasteiger partial charge is 0.225 e. The number of amides is 1. The Kier molecular flexibility index (Phi) is 5.77. The molecule has 25 heavy (non-hydrogen) atoms. The van der Waals surface area contributed by atoms with Gasteiger partial charge in [-0.05, 0) is 24.4 Å². The number of nitrogens with zero attached hydrogens (tertiary/aromatic N) is 1. The Morgan fingerprint density at radius 1 is 1.28 bits per heavy atom. The zero-order valence-corrected chi connectivity index (χ0v) is 15.7. The molecule has 0 radical (unpaired) electrons. The SMILES string of the molecule is CC(C)(C)C(=O)NCC1CCN(CC2CNNC2c2ccccc2)C1. The average molecular weight is 345 g/mol. The van der Waals surface area contributed by atoms with Crippen molar-refractivity contribution >= 4 is 5.91 Å². The number of benzene rings is 1. The van der Waals surface area contributed by atoms with Gasteiger partial charge in [-0.15, -0.1) is 0 Å². The molecule has 2 saturated heterocycles. The normalized spacial score (nSPS) is 27.6. The van der Waals surface area contributed by atoms with Crippen LogP contribution in [-0.4, -0.2) is 43.5 Å². The van der Waals surface area contributed by atoms with E-state index in [1.54, 1.807) is 0 Å². The van der Waals surface area contributed by atoms with Crippen molar-refractivity contribution in [2.45, 2.75) is 33.2 Å². The van der Waals surface area contributed by atoms with E-state index in [1.807, 2.05) is 20.8 Å². The molecule has 138 valence electrons. The first kappa shape index (κ1) is 18.4. The minimum absolute atomic E-state index is 0.152. The van der Waals surface area contributed by atoms with Crippen LogP contribution in [0.4, 0.5) is 0 Å². The maximum absolute atomic E-state index is 12.0. The number of carbonyl (C=O) groups is 1. The standard InChI is InChI=1S/C20H32N4O/c1-20(2,3)19(25)21-11-15-9-10-24(13-15)14-17-12-22-23-18(17)16-7-5-4-6-8-16/h4-8,15,17-18,22-23H,9-14H2,1-3H3,(H,21,25). The zero-order chi connectivity index (χ0) is 17.9. The first-order valence-electron chi connectivity index (χ1n) is 9.47.